The topological polar surface area (TPSA) is 87.7 Å². The molecule has 1 fully saturated rings. The van der Waals surface area contributed by atoms with Gasteiger partial charge in [-0.2, -0.15) is 0 Å². The molecule has 3 amide bonds. The Kier molecular flexibility index (Phi) is 7.90. The summed E-state index contributed by atoms with van der Waals surface area (Å²) in [5, 5.41) is 6.65. The van der Waals surface area contributed by atoms with Gasteiger partial charge in [0, 0.05) is 30.2 Å². The van der Waals surface area contributed by atoms with E-state index < -0.39 is 5.92 Å². The maximum absolute atomic E-state index is 12.6. The molecular weight excluding hydrogens is 489 g/mol. The third kappa shape index (κ3) is 6.53. The van der Waals surface area contributed by atoms with E-state index in [0.717, 1.165) is 5.56 Å². The number of para-hydroxylation sites is 1. The minimum absolute atomic E-state index is 0.121. The number of halogens is 2. The highest BCUT2D eigenvalue weighted by atomic mass is 35.5. The third-order valence-electron chi connectivity index (χ3n) is 5.54. The zero-order valence-electron chi connectivity index (χ0n) is 18.7. The Hall–Kier alpha value is -3.55. The number of hydrogen-bond acceptors (Lipinski definition) is 4. The first-order chi connectivity index (χ1) is 16.9. The van der Waals surface area contributed by atoms with E-state index >= 15 is 0 Å². The van der Waals surface area contributed by atoms with Crippen LogP contribution in [-0.4, -0.2) is 30.9 Å². The molecule has 3 aromatic rings. The second-order valence-corrected chi connectivity index (χ2v) is 8.90. The van der Waals surface area contributed by atoms with Crippen molar-refractivity contribution in [1.29, 1.82) is 0 Å². The highest BCUT2D eigenvalue weighted by molar-refractivity contribution is 6.33. The number of carbonyl (C=O) groups excluding carboxylic acids is 3. The van der Waals surface area contributed by atoms with Crippen LogP contribution in [0.25, 0.3) is 0 Å². The highest BCUT2D eigenvalue weighted by Gasteiger charge is 2.35. The predicted octanol–water partition coefficient (Wildman–Crippen LogP) is 4.68. The first-order valence-electron chi connectivity index (χ1n) is 11.0. The molecule has 3 aromatic carbocycles. The minimum atomic E-state index is -0.431. The zero-order valence-corrected chi connectivity index (χ0v) is 20.2. The zero-order chi connectivity index (χ0) is 24.8. The monoisotopic (exact) mass is 511 g/mol. The molecule has 0 unspecified atom stereocenters. The first kappa shape index (κ1) is 24.6. The molecule has 0 aromatic heterocycles. The number of nitrogens with one attached hydrogen (secondary N) is 2. The molecule has 1 heterocycles. The van der Waals surface area contributed by atoms with Crippen molar-refractivity contribution in [2.75, 3.05) is 23.4 Å². The molecule has 1 aliphatic rings. The normalized spacial score (nSPS) is 15.1. The summed E-state index contributed by atoms with van der Waals surface area (Å²) in [6, 6.07) is 21.0. The lowest BCUT2D eigenvalue weighted by Crippen LogP contribution is -2.32. The lowest BCUT2D eigenvalue weighted by atomic mass is 10.1. The van der Waals surface area contributed by atoms with Gasteiger partial charge in [-0.15, -0.1) is 0 Å². The van der Waals surface area contributed by atoms with Gasteiger partial charge in [0.25, 0.3) is 5.91 Å². The lowest BCUT2D eigenvalue weighted by molar-refractivity contribution is -0.126. The quantitative estimate of drug-likeness (QED) is 0.459. The fourth-order valence-corrected chi connectivity index (χ4v) is 4.00. The lowest BCUT2D eigenvalue weighted by Gasteiger charge is -2.17. The van der Waals surface area contributed by atoms with Gasteiger partial charge in [-0.1, -0.05) is 47.5 Å². The summed E-state index contributed by atoms with van der Waals surface area (Å²) in [6.45, 7) is 0.478. The van der Waals surface area contributed by atoms with Crippen molar-refractivity contribution >= 4 is 52.3 Å². The molecule has 9 heteroatoms. The number of carbonyl (C=O) groups is 3. The largest absolute Gasteiger partial charge is 0.484 e. The van der Waals surface area contributed by atoms with Crippen molar-refractivity contribution < 1.29 is 19.1 Å². The number of benzene rings is 3. The second kappa shape index (κ2) is 11.3. The maximum atomic E-state index is 12.6. The van der Waals surface area contributed by atoms with Crippen LogP contribution in [0.1, 0.15) is 12.0 Å². The van der Waals surface area contributed by atoms with Crippen LogP contribution in [-0.2, 0) is 20.9 Å². The van der Waals surface area contributed by atoms with Crippen molar-refractivity contribution in [2.24, 2.45) is 5.92 Å². The van der Waals surface area contributed by atoms with E-state index in [1.807, 2.05) is 12.1 Å². The summed E-state index contributed by atoms with van der Waals surface area (Å²) in [7, 11) is 0. The Labute approximate surface area is 213 Å². The van der Waals surface area contributed by atoms with Gasteiger partial charge in [-0.05, 0) is 54.1 Å². The molecule has 0 aliphatic carbocycles. The summed E-state index contributed by atoms with van der Waals surface area (Å²) >= 11 is 11.9. The Bertz CT molecular complexity index is 1220. The van der Waals surface area contributed by atoms with Crippen molar-refractivity contribution in [2.45, 2.75) is 13.0 Å². The van der Waals surface area contributed by atoms with E-state index in [2.05, 4.69) is 10.6 Å². The van der Waals surface area contributed by atoms with Crippen LogP contribution in [0.4, 0.5) is 11.4 Å². The molecule has 180 valence electrons. The summed E-state index contributed by atoms with van der Waals surface area (Å²) in [5.74, 6) is -0.583. The molecule has 0 radical (unpaired) electrons. The average molecular weight is 512 g/mol. The van der Waals surface area contributed by atoms with Crippen molar-refractivity contribution in [3.05, 3.63) is 88.4 Å². The van der Waals surface area contributed by atoms with E-state index in [1.54, 1.807) is 65.6 Å². The van der Waals surface area contributed by atoms with Crippen molar-refractivity contribution in [1.82, 2.24) is 5.32 Å². The number of nitrogens with zero attached hydrogens (tertiary/aromatic N) is 1. The molecular formula is C26H23Cl2N3O4. The van der Waals surface area contributed by atoms with Crippen molar-refractivity contribution in [3.63, 3.8) is 0 Å². The number of ether oxygens (including phenoxy) is 1. The third-order valence-corrected chi connectivity index (χ3v) is 6.12. The van der Waals surface area contributed by atoms with Crippen molar-refractivity contribution in [3.8, 4) is 5.75 Å². The summed E-state index contributed by atoms with van der Waals surface area (Å²) < 4.78 is 5.53. The number of anilines is 2. The van der Waals surface area contributed by atoms with Crippen LogP contribution < -0.4 is 20.3 Å². The smallest absolute Gasteiger partial charge is 0.262 e. The molecule has 1 saturated heterocycles. The van der Waals surface area contributed by atoms with Gasteiger partial charge >= 0.3 is 0 Å². The molecule has 0 spiro atoms. The second-order valence-electron chi connectivity index (χ2n) is 8.06. The summed E-state index contributed by atoms with van der Waals surface area (Å²) in [4.78, 5) is 38.8. The minimum Gasteiger partial charge on any atom is -0.484 e. The van der Waals surface area contributed by atoms with Gasteiger partial charge in [-0.25, -0.2) is 0 Å². The van der Waals surface area contributed by atoms with Crippen LogP contribution in [0.5, 0.6) is 5.75 Å². The number of hydrogen-bond donors (Lipinski definition) is 2. The predicted molar refractivity (Wildman–Crippen MR) is 136 cm³/mol. The van der Waals surface area contributed by atoms with Crippen LogP contribution in [0.3, 0.4) is 0 Å². The highest BCUT2D eigenvalue weighted by Crippen LogP contribution is 2.27. The van der Waals surface area contributed by atoms with Crippen LogP contribution in [0, 0.1) is 5.92 Å². The van der Waals surface area contributed by atoms with E-state index in [-0.39, 0.29) is 30.7 Å². The SMILES string of the molecule is O=C(COc1ccc(N2C[C@@H](C(=O)NCc3ccc(Cl)cc3)CC2=O)cc1)Nc1ccccc1Cl. The van der Waals surface area contributed by atoms with Gasteiger partial charge in [0.1, 0.15) is 5.75 Å². The van der Waals surface area contributed by atoms with Gasteiger partial charge in [0.15, 0.2) is 6.61 Å². The maximum Gasteiger partial charge on any atom is 0.262 e. The Morgan fingerprint density at radius 1 is 0.971 bits per heavy atom. The average Bonchev–Trinajstić information content (AvgIpc) is 3.25. The standard InChI is InChI=1S/C26H23Cl2N3O4/c27-19-7-5-17(6-8-19)14-29-26(34)18-13-25(33)31(15-18)20-9-11-21(12-10-20)35-16-24(32)30-23-4-2-1-3-22(23)28/h1-12,18H,13-16H2,(H,29,34)(H,30,32)/t18-/m0/s1. The van der Waals surface area contributed by atoms with Gasteiger partial charge in [0.2, 0.25) is 11.8 Å². The number of rotatable bonds is 8. The molecule has 1 aliphatic heterocycles. The summed E-state index contributed by atoms with van der Waals surface area (Å²) in [6.07, 6.45) is 0.146. The fraction of sp³-hybridized carbons (Fsp3) is 0.192. The molecule has 7 nitrogen and oxygen atoms in total. The van der Waals surface area contributed by atoms with Gasteiger partial charge in [-0.3, -0.25) is 14.4 Å². The Morgan fingerprint density at radius 2 is 1.69 bits per heavy atom. The van der Waals surface area contributed by atoms with Crippen LogP contribution in [0.15, 0.2) is 72.8 Å². The number of amides is 3. The molecule has 0 saturated carbocycles. The van der Waals surface area contributed by atoms with Crippen LogP contribution in [0.2, 0.25) is 10.0 Å². The Balaban J connectivity index is 1.27. The van der Waals surface area contributed by atoms with E-state index in [0.29, 0.717) is 40.3 Å². The first-order valence-corrected chi connectivity index (χ1v) is 11.7. The van der Waals surface area contributed by atoms with E-state index in [1.165, 1.54) is 0 Å². The molecule has 1 atom stereocenters. The van der Waals surface area contributed by atoms with E-state index in [4.69, 9.17) is 27.9 Å². The molecule has 35 heavy (non-hydrogen) atoms. The van der Waals surface area contributed by atoms with Gasteiger partial charge < -0.3 is 20.3 Å². The molecule has 4 rings (SSSR count). The molecule has 0 bridgehead atoms. The Morgan fingerprint density at radius 3 is 2.40 bits per heavy atom. The van der Waals surface area contributed by atoms with Gasteiger partial charge in [0.05, 0.1) is 16.6 Å². The van der Waals surface area contributed by atoms with E-state index in [9.17, 15) is 14.4 Å². The summed E-state index contributed by atoms with van der Waals surface area (Å²) in [5.41, 5.74) is 2.10. The molecule has 2 N–H and O–H groups in total. The van der Waals surface area contributed by atoms with Crippen LogP contribution >= 0.6 is 23.2 Å². The fourth-order valence-electron chi connectivity index (χ4n) is 3.69.